The highest BCUT2D eigenvalue weighted by Crippen LogP contribution is 2.23. The Kier molecular flexibility index (Phi) is 6.07. The molecule has 0 spiro atoms. The number of hydrogen-bond acceptors (Lipinski definition) is 6. The SMILES string of the molecule is O=C(CN1CCN(c2ncccn2)CC1)NCc1ccc(-c2ccc(Cl)cc2)o1. The molecule has 3 heterocycles. The maximum Gasteiger partial charge on any atom is 0.234 e. The molecule has 1 aliphatic heterocycles. The molecule has 1 amide bonds. The van der Waals surface area contributed by atoms with Crippen LogP contribution in [0.3, 0.4) is 0 Å². The fourth-order valence-electron chi connectivity index (χ4n) is 3.25. The van der Waals surface area contributed by atoms with E-state index in [4.69, 9.17) is 16.0 Å². The number of piperazine rings is 1. The first kappa shape index (κ1) is 19.4. The number of carbonyl (C=O) groups excluding carboxylic acids is 1. The molecule has 1 N–H and O–H groups in total. The van der Waals surface area contributed by atoms with Crippen LogP contribution in [0.2, 0.25) is 5.02 Å². The number of nitrogens with one attached hydrogen (secondary N) is 1. The zero-order valence-electron chi connectivity index (χ0n) is 15.9. The van der Waals surface area contributed by atoms with Crippen LogP contribution in [0.5, 0.6) is 0 Å². The molecule has 1 aliphatic rings. The lowest BCUT2D eigenvalue weighted by atomic mass is 10.2. The Bertz CT molecular complexity index is 937. The van der Waals surface area contributed by atoms with Gasteiger partial charge < -0.3 is 14.6 Å². The number of aromatic nitrogens is 2. The van der Waals surface area contributed by atoms with Crippen molar-refractivity contribution in [2.75, 3.05) is 37.6 Å². The third-order valence-electron chi connectivity index (χ3n) is 4.82. The molecule has 0 radical (unpaired) electrons. The fraction of sp³-hybridized carbons (Fsp3) is 0.286. The molecule has 0 unspecified atom stereocenters. The van der Waals surface area contributed by atoms with E-state index in [2.05, 4.69) is 25.1 Å². The van der Waals surface area contributed by atoms with Crippen LogP contribution >= 0.6 is 11.6 Å². The molecular weight excluding hydrogens is 390 g/mol. The van der Waals surface area contributed by atoms with E-state index in [0.29, 0.717) is 23.9 Å². The summed E-state index contributed by atoms with van der Waals surface area (Å²) in [7, 11) is 0. The largest absolute Gasteiger partial charge is 0.459 e. The molecule has 0 atom stereocenters. The van der Waals surface area contributed by atoms with Gasteiger partial charge in [0.15, 0.2) is 0 Å². The maximum absolute atomic E-state index is 12.3. The van der Waals surface area contributed by atoms with Gasteiger partial charge in [0, 0.05) is 49.2 Å². The van der Waals surface area contributed by atoms with E-state index < -0.39 is 0 Å². The highest BCUT2D eigenvalue weighted by molar-refractivity contribution is 6.30. The second-order valence-corrected chi connectivity index (χ2v) is 7.30. The smallest absolute Gasteiger partial charge is 0.234 e. The summed E-state index contributed by atoms with van der Waals surface area (Å²) >= 11 is 5.92. The minimum absolute atomic E-state index is 0.0149. The van der Waals surface area contributed by atoms with Gasteiger partial charge in [-0.25, -0.2) is 9.97 Å². The monoisotopic (exact) mass is 411 g/mol. The van der Waals surface area contributed by atoms with Crippen LogP contribution in [0.1, 0.15) is 5.76 Å². The highest BCUT2D eigenvalue weighted by atomic mass is 35.5. The Labute approximate surface area is 174 Å². The molecule has 0 aliphatic carbocycles. The van der Waals surface area contributed by atoms with Crippen LogP contribution in [-0.4, -0.2) is 53.5 Å². The van der Waals surface area contributed by atoms with Crippen molar-refractivity contribution in [1.29, 1.82) is 0 Å². The molecule has 0 bridgehead atoms. The minimum atomic E-state index is -0.0149. The summed E-state index contributed by atoms with van der Waals surface area (Å²) in [6.45, 7) is 3.94. The van der Waals surface area contributed by atoms with Gasteiger partial charge in [-0.1, -0.05) is 11.6 Å². The lowest BCUT2D eigenvalue weighted by Crippen LogP contribution is -2.49. The van der Waals surface area contributed by atoms with Crippen molar-refractivity contribution >= 4 is 23.5 Å². The van der Waals surface area contributed by atoms with Crippen molar-refractivity contribution in [3.63, 3.8) is 0 Å². The van der Waals surface area contributed by atoms with E-state index >= 15 is 0 Å². The quantitative estimate of drug-likeness (QED) is 0.672. The van der Waals surface area contributed by atoms with E-state index in [-0.39, 0.29) is 5.91 Å². The second-order valence-electron chi connectivity index (χ2n) is 6.86. The van der Waals surface area contributed by atoms with Crippen LogP contribution in [0.15, 0.2) is 59.3 Å². The first-order valence-electron chi connectivity index (χ1n) is 9.53. The van der Waals surface area contributed by atoms with Gasteiger partial charge in [0.1, 0.15) is 11.5 Å². The van der Waals surface area contributed by atoms with Gasteiger partial charge in [0.25, 0.3) is 0 Å². The first-order chi connectivity index (χ1) is 14.2. The molecule has 150 valence electrons. The van der Waals surface area contributed by atoms with E-state index in [9.17, 15) is 4.79 Å². The summed E-state index contributed by atoms with van der Waals surface area (Å²) in [5.74, 6) is 2.20. The summed E-state index contributed by atoms with van der Waals surface area (Å²) < 4.78 is 5.82. The molecule has 8 heteroatoms. The number of nitrogens with zero attached hydrogens (tertiary/aromatic N) is 4. The number of furan rings is 1. The molecule has 29 heavy (non-hydrogen) atoms. The first-order valence-corrected chi connectivity index (χ1v) is 9.91. The third kappa shape index (κ3) is 5.13. The number of anilines is 1. The summed E-state index contributed by atoms with van der Waals surface area (Å²) in [6.07, 6.45) is 3.49. The van der Waals surface area contributed by atoms with Crippen LogP contribution < -0.4 is 10.2 Å². The highest BCUT2D eigenvalue weighted by Gasteiger charge is 2.20. The van der Waals surface area contributed by atoms with Gasteiger partial charge in [0.2, 0.25) is 11.9 Å². The number of rotatable bonds is 6. The average Bonchev–Trinajstić information content (AvgIpc) is 3.23. The standard InChI is InChI=1S/C21H22ClN5O2/c22-17-4-2-16(3-5-17)19-7-6-18(29-19)14-25-20(28)15-26-10-12-27(13-11-26)21-23-8-1-9-24-21/h1-9H,10-15H2,(H,25,28). The van der Waals surface area contributed by atoms with Gasteiger partial charge in [0.05, 0.1) is 13.1 Å². The van der Waals surface area contributed by atoms with Gasteiger partial charge in [-0.05, 0) is 42.5 Å². The zero-order valence-corrected chi connectivity index (χ0v) is 16.7. The topological polar surface area (TPSA) is 74.5 Å². The van der Waals surface area contributed by atoms with Crippen LogP contribution in [0.4, 0.5) is 5.95 Å². The molecule has 2 aromatic heterocycles. The van der Waals surface area contributed by atoms with Gasteiger partial charge >= 0.3 is 0 Å². The number of hydrogen-bond donors (Lipinski definition) is 1. The van der Waals surface area contributed by atoms with E-state index in [0.717, 1.165) is 43.5 Å². The predicted molar refractivity (Wildman–Crippen MR) is 112 cm³/mol. The zero-order chi connectivity index (χ0) is 20.1. The molecule has 7 nitrogen and oxygen atoms in total. The van der Waals surface area contributed by atoms with Crippen molar-refractivity contribution in [1.82, 2.24) is 20.2 Å². The summed E-state index contributed by atoms with van der Waals surface area (Å²) in [4.78, 5) is 25.1. The molecule has 4 rings (SSSR count). The van der Waals surface area contributed by atoms with Crippen molar-refractivity contribution in [3.05, 3.63) is 65.6 Å². The predicted octanol–water partition coefficient (Wildman–Crippen LogP) is 2.83. The van der Waals surface area contributed by atoms with Gasteiger partial charge in [-0.3, -0.25) is 9.69 Å². The number of amides is 1. The maximum atomic E-state index is 12.3. The Morgan fingerprint density at radius 2 is 1.76 bits per heavy atom. The van der Waals surface area contributed by atoms with E-state index in [1.165, 1.54) is 0 Å². The Morgan fingerprint density at radius 3 is 2.48 bits per heavy atom. The van der Waals surface area contributed by atoms with Crippen LogP contribution in [-0.2, 0) is 11.3 Å². The summed E-state index contributed by atoms with van der Waals surface area (Å²) in [5, 5.41) is 3.61. The van der Waals surface area contributed by atoms with Crippen molar-refractivity contribution in [2.45, 2.75) is 6.54 Å². The molecule has 1 aromatic carbocycles. The molecular formula is C21H22ClN5O2. The number of halogens is 1. The normalized spacial score (nSPS) is 14.7. The van der Waals surface area contributed by atoms with Gasteiger partial charge in [-0.15, -0.1) is 0 Å². The number of carbonyl (C=O) groups is 1. The lowest BCUT2D eigenvalue weighted by Gasteiger charge is -2.34. The molecule has 1 saturated heterocycles. The lowest BCUT2D eigenvalue weighted by molar-refractivity contribution is -0.122. The Morgan fingerprint density at radius 1 is 1.03 bits per heavy atom. The average molecular weight is 412 g/mol. The molecule has 0 saturated carbocycles. The van der Waals surface area contributed by atoms with Gasteiger partial charge in [-0.2, -0.15) is 0 Å². The third-order valence-corrected chi connectivity index (χ3v) is 5.08. The minimum Gasteiger partial charge on any atom is -0.459 e. The number of benzene rings is 1. The summed E-state index contributed by atoms with van der Waals surface area (Å²) in [6, 6.07) is 13.0. The molecule has 1 fully saturated rings. The fourth-order valence-corrected chi connectivity index (χ4v) is 3.37. The van der Waals surface area contributed by atoms with Crippen molar-refractivity contribution in [3.8, 4) is 11.3 Å². The van der Waals surface area contributed by atoms with E-state index in [1.54, 1.807) is 12.4 Å². The van der Waals surface area contributed by atoms with Crippen molar-refractivity contribution < 1.29 is 9.21 Å². The van der Waals surface area contributed by atoms with Crippen molar-refractivity contribution in [2.24, 2.45) is 0 Å². The summed E-state index contributed by atoms with van der Waals surface area (Å²) in [5.41, 5.74) is 0.951. The Balaban J connectivity index is 1.22. The second kappa shape index (κ2) is 9.07. The molecule has 3 aromatic rings. The van der Waals surface area contributed by atoms with Crippen LogP contribution in [0, 0.1) is 0 Å². The Hall–Kier alpha value is -2.90. The van der Waals surface area contributed by atoms with E-state index in [1.807, 2.05) is 42.5 Å². The van der Waals surface area contributed by atoms with Crippen LogP contribution in [0.25, 0.3) is 11.3 Å².